The summed E-state index contributed by atoms with van der Waals surface area (Å²) < 4.78 is 6.56. The molecule has 0 bridgehead atoms. The van der Waals surface area contributed by atoms with E-state index < -0.39 is 0 Å². The second kappa shape index (κ2) is 4.00. The van der Waals surface area contributed by atoms with Crippen LogP contribution in [0.4, 0.5) is 0 Å². The van der Waals surface area contributed by atoms with Crippen molar-refractivity contribution in [2.45, 2.75) is 31.2 Å². The van der Waals surface area contributed by atoms with Gasteiger partial charge in [-0.1, -0.05) is 12.8 Å². The minimum Gasteiger partial charge on any atom is -0.497 e. The summed E-state index contributed by atoms with van der Waals surface area (Å²) in [5.41, 5.74) is 6.42. The largest absolute Gasteiger partial charge is 0.497 e. The number of fused-ring (bicyclic) bond motifs is 1. The number of rotatable bonds is 2. The van der Waals surface area contributed by atoms with Crippen LogP contribution in [-0.2, 0) is 5.54 Å². The van der Waals surface area contributed by atoms with Crippen LogP contribution < -0.4 is 10.5 Å². The van der Waals surface area contributed by atoms with E-state index in [9.17, 15) is 0 Å². The summed E-state index contributed by atoms with van der Waals surface area (Å²) in [4.78, 5) is 1.33. The lowest BCUT2D eigenvalue weighted by molar-refractivity contribution is 0.415. The Bertz CT molecular complexity index is 540. The standard InChI is InChI=1S/C14H17NOS/c1-16-11-4-5-12-10(8-11)9-13(17-12)14(15)6-2-3-7-14/h4-5,8-9H,2-3,6-7,15H2,1H3. The number of hydrogen-bond donors (Lipinski definition) is 1. The Morgan fingerprint density at radius 2 is 2.00 bits per heavy atom. The molecule has 1 aliphatic carbocycles. The molecule has 0 unspecified atom stereocenters. The lowest BCUT2D eigenvalue weighted by Crippen LogP contribution is -2.31. The highest BCUT2D eigenvalue weighted by Crippen LogP contribution is 2.42. The first kappa shape index (κ1) is 11.1. The topological polar surface area (TPSA) is 35.2 Å². The van der Waals surface area contributed by atoms with Crippen molar-refractivity contribution in [3.8, 4) is 5.75 Å². The lowest BCUT2D eigenvalue weighted by atomic mass is 9.97. The van der Waals surface area contributed by atoms with Gasteiger partial charge < -0.3 is 10.5 Å². The van der Waals surface area contributed by atoms with Gasteiger partial charge in [0.25, 0.3) is 0 Å². The van der Waals surface area contributed by atoms with Gasteiger partial charge in [0.15, 0.2) is 0 Å². The number of benzene rings is 1. The van der Waals surface area contributed by atoms with Crippen molar-refractivity contribution < 1.29 is 4.74 Å². The summed E-state index contributed by atoms with van der Waals surface area (Å²) in [6, 6.07) is 8.47. The van der Waals surface area contributed by atoms with E-state index in [2.05, 4.69) is 18.2 Å². The number of ether oxygens (including phenoxy) is 1. The summed E-state index contributed by atoms with van der Waals surface area (Å²) in [6.07, 6.45) is 4.76. The fourth-order valence-corrected chi connectivity index (χ4v) is 3.85. The van der Waals surface area contributed by atoms with Crippen molar-refractivity contribution in [1.82, 2.24) is 0 Å². The Labute approximate surface area is 105 Å². The van der Waals surface area contributed by atoms with E-state index >= 15 is 0 Å². The Kier molecular flexibility index (Phi) is 2.60. The molecule has 1 saturated carbocycles. The summed E-state index contributed by atoms with van der Waals surface area (Å²) in [7, 11) is 1.70. The maximum atomic E-state index is 6.49. The highest BCUT2D eigenvalue weighted by atomic mass is 32.1. The van der Waals surface area contributed by atoms with Gasteiger partial charge in [-0.15, -0.1) is 11.3 Å². The summed E-state index contributed by atoms with van der Waals surface area (Å²) in [6.45, 7) is 0. The zero-order valence-electron chi connectivity index (χ0n) is 10.0. The van der Waals surface area contributed by atoms with Crippen LogP contribution in [0.3, 0.4) is 0 Å². The van der Waals surface area contributed by atoms with E-state index in [-0.39, 0.29) is 5.54 Å². The molecule has 3 heteroatoms. The second-order valence-corrected chi connectivity index (χ2v) is 5.96. The molecule has 0 saturated heterocycles. The molecule has 2 aromatic rings. The third-order valence-electron chi connectivity index (χ3n) is 3.71. The lowest BCUT2D eigenvalue weighted by Gasteiger charge is -2.21. The van der Waals surface area contributed by atoms with Crippen LogP contribution in [0.5, 0.6) is 5.75 Å². The van der Waals surface area contributed by atoms with Crippen molar-refractivity contribution in [2.75, 3.05) is 7.11 Å². The molecule has 0 amide bonds. The van der Waals surface area contributed by atoms with E-state index in [1.807, 2.05) is 17.4 Å². The predicted molar refractivity (Wildman–Crippen MR) is 72.7 cm³/mol. The molecule has 2 N–H and O–H groups in total. The molecule has 0 spiro atoms. The van der Waals surface area contributed by atoms with Crippen LogP contribution in [0, 0.1) is 0 Å². The predicted octanol–water partition coefficient (Wildman–Crippen LogP) is 3.64. The minimum absolute atomic E-state index is 0.0725. The molecule has 3 rings (SSSR count). The van der Waals surface area contributed by atoms with Crippen LogP contribution in [0.1, 0.15) is 30.6 Å². The van der Waals surface area contributed by atoms with E-state index in [4.69, 9.17) is 10.5 Å². The first-order valence-electron chi connectivity index (χ1n) is 6.08. The van der Waals surface area contributed by atoms with Gasteiger partial charge in [0, 0.05) is 9.58 Å². The van der Waals surface area contributed by atoms with Gasteiger partial charge in [0.2, 0.25) is 0 Å². The molecule has 0 atom stereocenters. The van der Waals surface area contributed by atoms with Crippen LogP contribution >= 0.6 is 11.3 Å². The van der Waals surface area contributed by atoms with Gasteiger partial charge in [-0.2, -0.15) is 0 Å². The van der Waals surface area contributed by atoms with Crippen LogP contribution in [0.25, 0.3) is 10.1 Å². The fourth-order valence-electron chi connectivity index (χ4n) is 2.65. The van der Waals surface area contributed by atoms with Crippen LogP contribution in [0.15, 0.2) is 24.3 Å². The normalized spacial score (nSPS) is 18.7. The first-order chi connectivity index (χ1) is 8.21. The molecule has 0 radical (unpaired) electrons. The maximum Gasteiger partial charge on any atom is 0.119 e. The number of nitrogens with two attached hydrogens (primary N) is 1. The van der Waals surface area contributed by atoms with E-state index in [0.717, 1.165) is 18.6 Å². The third-order valence-corrected chi connectivity index (χ3v) is 5.05. The van der Waals surface area contributed by atoms with Crippen molar-refractivity contribution in [3.05, 3.63) is 29.1 Å². The highest BCUT2D eigenvalue weighted by molar-refractivity contribution is 7.19. The monoisotopic (exact) mass is 247 g/mol. The van der Waals surface area contributed by atoms with Gasteiger partial charge in [-0.05, 0) is 42.5 Å². The van der Waals surface area contributed by atoms with Crippen molar-refractivity contribution >= 4 is 21.4 Å². The smallest absolute Gasteiger partial charge is 0.119 e. The molecule has 1 aromatic heterocycles. The van der Waals surface area contributed by atoms with Crippen molar-refractivity contribution in [3.63, 3.8) is 0 Å². The molecular weight excluding hydrogens is 230 g/mol. The van der Waals surface area contributed by atoms with E-state index in [1.165, 1.54) is 27.8 Å². The fraction of sp³-hybridized carbons (Fsp3) is 0.429. The molecule has 1 fully saturated rings. The first-order valence-corrected chi connectivity index (χ1v) is 6.90. The Morgan fingerprint density at radius 3 is 2.71 bits per heavy atom. The number of thiophene rings is 1. The zero-order chi connectivity index (χ0) is 11.9. The third kappa shape index (κ3) is 1.83. The SMILES string of the molecule is COc1ccc2sc(C3(N)CCCC3)cc2c1. The molecule has 1 aliphatic rings. The Hall–Kier alpha value is -1.06. The van der Waals surface area contributed by atoms with Crippen LogP contribution in [0.2, 0.25) is 0 Å². The van der Waals surface area contributed by atoms with Gasteiger partial charge in [-0.25, -0.2) is 0 Å². The van der Waals surface area contributed by atoms with E-state index in [1.54, 1.807) is 7.11 Å². The minimum atomic E-state index is -0.0725. The van der Waals surface area contributed by atoms with Gasteiger partial charge in [-0.3, -0.25) is 0 Å². The summed E-state index contributed by atoms with van der Waals surface area (Å²) in [5.74, 6) is 0.916. The quantitative estimate of drug-likeness (QED) is 0.879. The zero-order valence-corrected chi connectivity index (χ0v) is 10.8. The van der Waals surface area contributed by atoms with Gasteiger partial charge in [0.05, 0.1) is 12.6 Å². The molecule has 90 valence electrons. The average Bonchev–Trinajstić information content (AvgIpc) is 2.94. The second-order valence-electron chi connectivity index (χ2n) is 4.88. The van der Waals surface area contributed by atoms with Gasteiger partial charge in [0.1, 0.15) is 5.75 Å². The molecule has 0 aliphatic heterocycles. The molecule has 1 heterocycles. The molecule has 1 aromatic carbocycles. The Morgan fingerprint density at radius 1 is 1.24 bits per heavy atom. The van der Waals surface area contributed by atoms with Crippen molar-refractivity contribution in [1.29, 1.82) is 0 Å². The highest BCUT2D eigenvalue weighted by Gasteiger charge is 2.32. The number of methoxy groups -OCH3 is 1. The summed E-state index contributed by atoms with van der Waals surface area (Å²) >= 11 is 1.83. The Balaban J connectivity index is 2.07. The van der Waals surface area contributed by atoms with Gasteiger partial charge >= 0.3 is 0 Å². The summed E-state index contributed by atoms with van der Waals surface area (Å²) in [5, 5.41) is 1.25. The maximum absolute atomic E-state index is 6.49. The van der Waals surface area contributed by atoms with E-state index in [0.29, 0.717) is 0 Å². The van der Waals surface area contributed by atoms with Crippen molar-refractivity contribution in [2.24, 2.45) is 5.73 Å². The average molecular weight is 247 g/mol. The molecule has 17 heavy (non-hydrogen) atoms. The van der Waals surface area contributed by atoms with Crippen LogP contribution in [-0.4, -0.2) is 7.11 Å². The molecule has 2 nitrogen and oxygen atoms in total. The molecular formula is C14H17NOS. The number of hydrogen-bond acceptors (Lipinski definition) is 3.